The molecule has 1 aromatic carbocycles. The molecule has 0 radical (unpaired) electrons. The van der Waals surface area contributed by atoms with Crippen molar-refractivity contribution >= 4 is 15.9 Å². The van der Waals surface area contributed by atoms with Crippen LogP contribution in [-0.4, -0.2) is 0 Å². The van der Waals surface area contributed by atoms with Crippen LogP contribution in [0.15, 0.2) is 34.3 Å². The zero-order valence-electron chi connectivity index (χ0n) is 8.34. The predicted octanol–water partition coefficient (Wildman–Crippen LogP) is 3.70. The fraction of sp³-hybridized carbons (Fsp3) is 0.333. The van der Waals surface area contributed by atoms with Crippen LogP contribution in [0.5, 0.6) is 0 Å². The van der Waals surface area contributed by atoms with Crippen molar-refractivity contribution in [1.82, 2.24) is 0 Å². The van der Waals surface area contributed by atoms with Crippen LogP contribution in [0.2, 0.25) is 0 Å². The molecule has 2 rings (SSSR count). The van der Waals surface area contributed by atoms with Crippen molar-refractivity contribution in [2.45, 2.75) is 25.3 Å². The molecular formula is C12H13BrFN. The topological polar surface area (TPSA) is 26.0 Å². The molecule has 1 aromatic rings. The van der Waals surface area contributed by atoms with Crippen LogP contribution >= 0.6 is 15.9 Å². The average molecular weight is 270 g/mol. The standard InChI is InChI=1S/C12H13BrFN/c13-9-5-6-10(11(14)7-9)12(15)8-3-1-2-4-8/h3,5-7,12H,1-2,4,15H2. The second-order valence-electron chi connectivity index (χ2n) is 3.81. The lowest BCUT2D eigenvalue weighted by Crippen LogP contribution is -2.13. The molecule has 1 aliphatic rings. The van der Waals surface area contributed by atoms with E-state index < -0.39 is 0 Å². The summed E-state index contributed by atoms with van der Waals surface area (Å²) in [4.78, 5) is 0. The normalized spacial score (nSPS) is 17.7. The van der Waals surface area contributed by atoms with Gasteiger partial charge in [0.2, 0.25) is 0 Å². The third kappa shape index (κ3) is 2.29. The summed E-state index contributed by atoms with van der Waals surface area (Å²) >= 11 is 3.23. The second-order valence-corrected chi connectivity index (χ2v) is 4.73. The van der Waals surface area contributed by atoms with E-state index in [0.717, 1.165) is 29.3 Å². The lowest BCUT2D eigenvalue weighted by Gasteiger charge is -2.14. The SMILES string of the molecule is NC(C1=CCCC1)c1ccc(Br)cc1F. The first-order chi connectivity index (χ1) is 7.18. The van der Waals surface area contributed by atoms with E-state index >= 15 is 0 Å². The van der Waals surface area contributed by atoms with E-state index in [0.29, 0.717) is 5.56 Å². The molecule has 0 bridgehead atoms. The van der Waals surface area contributed by atoms with Gasteiger partial charge in [0.1, 0.15) is 5.82 Å². The Morgan fingerprint density at radius 3 is 2.80 bits per heavy atom. The number of halogens is 2. The maximum atomic E-state index is 13.6. The highest BCUT2D eigenvalue weighted by Gasteiger charge is 2.17. The van der Waals surface area contributed by atoms with Gasteiger partial charge in [0, 0.05) is 10.0 Å². The average Bonchev–Trinajstić information content (AvgIpc) is 2.69. The third-order valence-electron chi connectivity index (χ3n) is 2.77. The van der Waals surface area contributed by atoms with E-state index in [1.54, 1.807) is 6.07 Å². The first-order valence-electron chi connectivity index (χ1n) is 5.08. The summed E-state index contributed by atoms with van der Waals surface area (Å²) in [7, 11) is 0. The number of benzene rings is 1. The highest BCUT2D eigenvalue weighted by atomic mass is 79.9. The zero-order valence-corrected chi connectivity index (χ0v) is 9.93. The number of allylic oxidation sites excluding steroid dienone is 1. The van der Waals surface area contributed by atoms with Crippen molar-refractivity contribution < 1.29 is 4.39 Å². The van der Waals surface area contributed by atoms with Gasteiger partial charge >= 0.3 is 0 Å². The van der Waals surface area contributed by atoms with Gasteiger partial charge in [-0.1, -0.05) is 33.6 Å². The molecular weight excluding hydrogens is 257 g/mol. The first-order valence-corrected chi connectivity index (χ1v) is 5.87. The lowest BCUT2D eigenvalue weighted by molar-refractivity contribution is 0.594. The molecule has 80 valence electrons. The maximum absolute atomic E-state index is 13.6. The molecule has 0 saturated carbocycles. The van der Waals surface area contributed by atoms with Crippen LogP contribution in [0.3, 0.4) is 0 Å². The molecule has 0 saturated heterocycles. The van der Waals surface area contributed by atoms with Crippen LogP contribution in [0.1, 0.15) is 30.9 Å². The van der Waals surface area contributed by atoms with Crippen molar-refractivity contribution in [3.63, 3.8) is 0 Å². The molecule has 0 aliphatic heterocycles. The van der Waals surface area contributed by atoms with Gasteiger partial charge in [-0.25, -0.2) is 4.39 Å². The van der Waals surface area contributed by atoms with Crippen molar-refractivity contribution in [1.29, 1.82) is 0 Å². The van der Waals surface area contributed by atoms with Gasteiger partial charge < -0.3 is 5.73 Å². The van der Waals surface area contributed by atoms with Gasteiger partial charge in [-0.3, -0.25) is 0 Å². The number of hydrogen-bond acceptors (Lipinski definition) is 1. The van der Waals surface area contributed by atoms with Gasteiger partial charge in [-0.05, 0) is 31.4 Å². The summed E-state index contributed by atoms with van der Waals surface area (Å²) in [5.74, 6) is -0.232. The van der Waals surface area contributed by atoms with Gasteiger partial charge in [-0.2, -0.15) is 0 Å². The summed E-state index contributed by atoms with van der Waals surface area (Å²) in [6.45, 7) is 0. The molecule has 1 aliphatic carbocycles. The minimum Gasteiger partial charge on any atom is -0.320 e. The Morgan fingerprint density at radius 1 is 1.40 bits per heavy atom. The second kappa shape index (κ2) is 4.45. The minimum atomic E-state index is -0.277. The predicted molar refractivity (Wildman–Crippen MR) is 63.0 cm³/mol. The van der Waals surface area contributed by atoms with Crippen LogP contribution in [0.25, 0.3) is 0 Å². The highest BCUT2D eigenvalue weighted by Crippen LogP contribution is 2.30. The molecule has 0 fully saturated rings. The fourth-order valence-electron chi connectivity index (χ4n) is 1.93. The summed E-state index contributed by atoms with van der Waals surface area (Å²) in [6.07, 6.45) is 5.34. The van der Waals surface area contributed by atoms with Gasteiger partial charge in [0.05, 0.1) is 6.04 Å². The molecule has 0 heterocycles. The van der Waals surface area contributed by atoms with Crippen molar-refractivity contribution in [3.05, 3.63) is 45.7 Å². The molecule has 1 nitrogen and oxygen atoms in total. The number of nitrogens with two attached hydrogens (primary N) is 1. The van der Waals surface area contributed by atoms with E-state index in [9.17, 15) is 4.39 Å². The van der Waals surface area contributed by atoms with E-state index in [2.05, 4.69) is 22.0 Å². The van der Waals surface area contributed by atoms with Crippen molar-refractivity contribution in [2.75, 3.05) is 0 Å². The zero-order chi connectivity index (χ0) is 10.8. The van der Waals surface area contributed by atoms with Crippen LogP contribution in [0.4, 0.5) is 4.39 Å². The molecule has 0 amide bonds. The van der Waals surface area contributed by atoms with Gasteiger partial charge in [-0.15, -0.1) is 0 Å². The maximum Gasteiger partial charge on any atom is 0.129 e. The quantitative estimate of drug-likeness (QED) is 0.815. The monoisotopic (exact) mass is 269 g/mol. The van der Waals surface area contributed by atoms with Crippen LogP contribution in [-0.2, 0) is 0 Å². The molecule has 1 unspecified atom stereocenters. The highest BCUT2D eigenvalue weighted by molar-refractivity contribution is 9.10. The molecule has 3 heteroatoms. The Hall–Kier alpha value is -0.670. The van der Waals surface area contributed by atoms with Crippen molar-refractivity contribution in [3.8, 4) is 0 Å². The summed E-state index contributed by atoms with van der Waals surface area (Å²) in [5, 5.41) is 0. The van der Waals surface area contributed by atoms with E-state index in [4.69, 9.17) is 5.73 Å². The Bertz CT molecular complexity index is 401. The van der Waals surface area contributed by atoms with Crippen molar-refractivity contribution in [2.24, 2.45) is 5.73 Å². The Kier molecular flexibility index (Phi) is 3.22. The molecule has 0 aromatic heterocycles. The fourth-order valence-corrected chi connectivity index (χ4v) is 2.26. The summed E-state index contributed by atoms with van der Waals surface area (Å²) in [5.41, 5.74) is 7.78. The van der Waals surface area contributed by atoms with E-state index in [1.807, 2.05) is 6.07 Å². The van der Waals surface area contributed by atoms with Gasteiger partial charge in [0.15, 0.2) is 0 Å². The Labute approximate surface area is 97.3 Å². The molecule has 0 spiro atoms. The lowest BCUT2D eigenvalue weighted by atomic mass is 9.99. The number of hydrogen-bond donors (Lipinski definition) is 1. The smallest absolute Gasteiger partial charge is 0.129 e. The van der Waals surface area contributed by atoms with Gasteiger partial charge in [0.25, 0.3) is 0 Å². The largest absolute Gasteiger partial charge is 0.320 e. The van der Waals surface area contributed by atoms with Crippen LogP contribution < -0.4 is 5.73 Å². The Balaban J connectivity index is 2.28. The summed E-state index contributed by atoms with van der Waals surface area (Å²) in [6, 6.07) is 4.77. The molecule has 1 atom stereocenters. The third-order valence-corrected chi connectivity index (χ3v) is 3.27. The first kappa shape index (κ1) is 10.8. The molecule has 15 heavy (non-hydrogen) atoms. The Morgan fingerprint density at radius 2 is 2.20 bits per heavy atom. The van der Waals surface area contributed by atoms with E-state index in [-0.39, 0.29) is 11.9 Å². The summed E-state index contributed by atoms with van der Waals surface area (Å²) < 4.78 is 14.4. The van der Waals surface area contributed by atoms with E-state index in [1.165, 1.54) is 6.07 Å². The number of rotatable bonds is 2. The molecule has 2 N–H and O–H groups in total. The minimum absolute atomic E-state index is 0.232. The van der Waals surface area contributed by atoms with Crippen LogP contribution in [0, 0.1) is 5.82 Å².